The number of benzene rings is 1. The number of carbonyl (C=O) groups excluding carboxylic acids is 2. The molecule has 1 atom stereocenters. The molecule has 2 fully saturated rings. The fourth-order valence-electron chi connectivity index (χ4n) is 3.28. The van der Waals surface area contributed by atoms with Gasteiger partial charge in [-0.3, -0.25) is 9.59 Å². The smallest absolute Gasteiger partial charge is 0.253 e. The van der Waals surface area contributed by atoms with Crippen LogP contribution in [0.3, 0.4) is 0 Å². The number of nitrogens with one attached hydrogen (secondary N) is 1. The van der Waals surface area contributed by atoms with Crippen LogP contribution in [0.25, 0.3) is 0 Å². The van der Waals surface area contributed by atoms with Gasteiger partial charge in [0.25, 0.3) is 11.8 Å². The predicted molar refractivity (Wildman–Crippen MR) is 95.3 cm³/mol. The number of ether oxygens (including phenoxy) is 1. The maximum absolute atomic E-state index is 12.4. The summed E-state index contributed by atoms with van der Waals surface area (Å²) in [7, 11) is 1.99. The minimum atomic E-state index is -0.404. The normalized spacial score (nSPS) is 21.8. The molecule has 2 amide bonds. The second-order valence-electron chi connectivity index (χ2n) is 6.89. The summed E-state index contributed by atoms with van der Waals surface area (Å²) in [5, 5.41) is 2.92. The Morgan fingerprint density at radius 2 is 1.84 bits per heavy atom. The van der Waals surface area contributed by atoms with Crippen molar-refractivity contribution in [3.63, 3.8) is 0 Å². The molecule has 2 saturated heterocycles. The van der Waals surface area contributed by atoms with Crippen LogP contribution in [0.15, 0.2) is 24.3 Å². The van der Waals surface area contributed by atoms with E-state index in [-0.39, 0.29) is 11.8 Å². The maximum Gasteiger partial charge on any atom is 0.253 e. The Kier molecular flexibility index (Phi) is 6.04. The van der Waals surface area contributed by atoms with Crippen molar-refractivity contribution in [2.24, 2.45) is 0 Å². The third kappa shape index (κ3) is 4.80. The van der Waals surface area contributed by atoms with Gasteiger partial charge in [-0.2, -0.15) is 0 Å². The van der Waals surface area contributed by atoms with E-state index in [4.69, 9.17) is 4.74 Å². The summed E-state index contributed by atoms with van der Waals surface area (Å²) in [6.45, 7) is 4.22. The van der Waals surface area contributed by atoms with Gasteiger partial charge in [-0.05, 0) is 44.0 Å². The van der Waals surface area contributed by atoms with Gasteiger partial charge >= 0.3 is 0 Å². The van der Waals surface area contributed by atoms with Crippen molar-refractivity contribution in [3.8, 4) is 0 Å². The molecular formula is C19H27N3O3. The van der Waals surface area contributed by atoms with Gasteiger partial charge in [0.2, 0.25) is 0 Å². The summed E-state index contributed by atoms with van der Waals surface area (Å²) in [6, 6.07) is 7.52. The molecule has 2 aliphatic rings. The number of carbonyl (C=O) groups is 2. The Bertz CT molecular complexity index is 596. The Morgan fingerprint density at radius 1 is 1.12 bits per heavy atom. The molecule has 6 nitrogen and oxygen atoms in total. The lowest BCUT2D eigenvalue weighted by Crippen LogP contribution is -2.48. The molecule has 3 rings (SSSR count). The Hall–Kier alpha value is -1.92. The van der Waals surface area contributed by atoms with Crippen LogP contribution in [0, 0.1) is 0 Å². The lowest BCUT2D eigenvalue weighted by molar-refractivity contribution is -0.138. The maximum atomic E-state index is 12.4. The van der Waals surface area contributed by atoms with Gasteiger partial charge in [0.05, 0.1) is 6.61 Å². The average molecular weight is 345 g/mol. The van der Waals surface area contributed by atoms with Crippen LogP contribution in [-0.4, -0.2) is 67.6 Å². The van der Waals surface area contributed by atoms with E-state index in [2.05, 4.69) is 10.2 Å². The van der Waals surface area contributed by atoms with E-state index in [9.17, 15) is 9.59 Å². The molecule has 0 radical (unpaired) electrons. The van der Waals surface area contributed by atoms with E-state index in [1.54, 1.807) is 0 Å². The van der Waals surface area contributed by atoms with Crippen LogP contribution in [0.2, 0.25) is 0 Å². The number of hydrogen-bond acceptors (Lipinski definition) is 4. The van der Waals surface area contributed by atoms with Crippen LogP contribution in [-0.2, 0) is 16.1 Å². The molecule has 1 aromatic rings. The molecule has 6 heteroatoms. The van der Waals surface area contributed by atoms with E-state index in [0.29, 0.717) is 25.3 Å². The van der Waals surface area contributed by atoms with E-state index in [1.807, 2.05) is 36.2 Å². The molecule has 136 valence electrons. The highest BCUT2D eigenvalue weighted by Crippen LogP contribution is 2.14. The number of piperidine rings is 1. The minimum Gasteiger partial charge on any atom is -0.366 e. The zero-order valence-electron chi connectivity index (χ0n) is 14.9. The second-order valence-corrected chi connectivity index (χ2v) is 6.89. The van der Waals surface area contributed by atoms with Gasteiger partial charge in [0.15, 0.2) is 0 Å². The number of amides is 2. The topological polar surface area (TPSA) is 61.9 Å². The van der Waals surface area contributed by atoms with Crippen LogP contribution < -0.4 is 5.32 Å². The quantitative estimate of drug-likeness (QED) is 0.892. The fourth-order valence-corrected chi connectivity index (χ4v) is 3.28. The molecule has 2 aliphatic heterocycles. The van der Waals surface area contributed by atoms with Crippen molar-refractivity contribution in [1.82, 2.24) is 15.1 Å². The predicted octanol–water partition coefficient (Wildman–Crippen LogP) is 1.26. The van der Waals surface area contributed by atoms with E-state index in [0.717, 1.165) is 38.0 Å². The van der Waals surface area contributed by atoms with E-state index >= 15 is 0 Å². The first-order valence-electron chi connectivity index (χ1n) is 9.09. The first-order chi connectivity index (χ1) is 12.1. The minimum absolute atomic E-state index is 0.0833. The van der Waals surface area contributed by atoms with E-state index < -0.39 is 6.10 Å². The van der Waals surface area contributed by atoms with Gasteiger partial charge < -0.3 is 19.9 Å². The van der Waals surface area contributed by atoms with Crippen molar-refractivity contribution in [3.05, 3.63) is 35.4 Å². The van der Waals surface area contributed by atoms with Crippen LogP contribution >= 0.6 is 0 Å². The molecule has 2 heterocycles. The highest BCUT2D eigenvalue weighted by molar-refractivity contribution is 5.94. The van der Waals surface area contributed by atoms with E-state index in [1.165, 1.54) is 6.42 Å². The molecule has 0 aromatic heterocycles. The van der Waals surface area contributed by atoms with Crippen molar-refractivity contribution >= 4 is 11.8 Å². The molecule has 0 spiro atoms. The molecule has 1 unspecified atom stereocenters. The average Bonchev–Trinajstić information content (AvgIpc) is 2.66. The second kappa shape index (κ2) is 8.45. The Balaban J connectivity index is 1.50. The first kappa shape index (κ1) is 17.9. The van der Waals surface area contributed by atoms with Crippen LogP contribution in [0.1, 0.15) is 35.2 Å². The Morgan fingerprint density at radius 3 is 2.52 bits per heavy atom. The van der Waals surface area contributed by atoms with Gasteiger partial charge in [0, 0.05) is 38.3 Å². The highest BCUT2D eigenvalue weighted by Gasteiger charge is 2.24. The van der Waals surface area contributed by atoms with Crippen LogP contribution in [0.4, 0.5) is 0 Å². The van der Waals surface area contributed by atoms with Crippen molar-refractivity contribution < 1.29 is 14.3 Å². The van der Waals surface area contributed by atoms with Crippen molar-refractivity contribution in [1.29, 1.82) is 0 Å². The summed E-state index contributed by atoms with van der Waals surface area (Å²) in [4.78, 5) is 28.6. The number of hydrogen-bond donors (Lipinski definition) is 1. The van der Waals surface area contributed by atoms with Crippen molar-refractivity contribution in [2.45, 2.75) is 31.9 Å². The lowest BCUT2D eigenvalue weighted by Gasteiger charge is -2.29. The lowest BCUT2D eigenvalue weighted by atomic mass is 10.1. The summed E-state index contributed by atoms with van der Waals surface area (Å²) >= 11 is 0. The molecule has 1 aromatic carbocycles. The standard InChI is InChI=1S/C19H27N3O3/c1-21-11-12-25-17(14-21)18(23)20-13-15-5-7-16(8-6-15)19(24)22-9-3-2-4-10-22/h5-8,17H,2-4,9-14H2,1H3,(H,20,23). The summed E-state index contributed by atoms with van der Waals surface area (Å²) in [6.07, 6.45) is 2.99. The van der Waals surface area contributed by atoms with Gasteiger partial charge in [0.1, 0.15) is 6.10 Å². The molecule has 0 aliphatic carbocycles. The van der Waals surface area contributed by atoms with Gasteiger partial charge in [-0.15, -0.1) is 0 Å². The molecular weight excluding hydrogens is 318 g/mol. The van der Waals surface area contributed by atoms with Gasteiger partial charge in [-0.25, -0.2) is 0 Å². The largest absolute Gasteiger partial charge is 0.366 e. The molecule has 0 bridgehead atoms. The first-order valence-corrected chi connectivity index (χ1v) is 9.09. The van der Waals surface area contributed by atoms with Gasteiger partial charge in [-0.1, -0.05) is 12.1 Å². The molecule has 0 saturated carbocycles. The summed E-state index contributed by atoms with van der Waals surface area (Å²) < 4.78 is 5.51. The summed E-state index contributed by atoms with van der Waals surface area (Å²) in [5.41, 5.74) is 1.70. The van der Waals surface area contributed by atoms with Crippen molar-refractivity contribution in [2.75, 3.05) is 39.8 Å². The number of nitrogens with zero attached hydrogens (tertiary/aromatic N) is 2. The Labute approximate surface area is 149 Å². The monoisotopic (exact) mass is 345 g/mol. The molecule has 25 heavy (non-hydrogen) atoms. The molecule has 1 N–H and O–H groups in total. The summed E-state index contributed by atoms with van der Waals surface area (Å²) in [5.74, 6) is 0.0222. The zero-order valence-corrected chi connectivity index (χ0v) is 14.9. The third-order valence-corrected chi connectivity index (χ3v) is 4.87. The highest BCUT2D eigenvalue weighted by atomic mass is 16.5. The van der Waals surface area contributed by atoms with Crippen LogP contribution in [0.5, 0.6) is 0 Å². The number of morpholine rings is 1. The number of likely N-dealkylation sites (tertiary alicyclic amines) is 1. The fraction of sp³-hybridized carbons (Fsp3) is 0.579. The number of likely N-dealkylation sites (N-methyl/N-ethyl adjacent to an activating group) is 1. The number of rotatable bonds is 4. The zero-order chi connectivity index (χ0) is 17.6. The third-order valence-electron chi connectivity index (χ3n) is 4.87. The SMILES string of the molecule is CN1CCOC(C(=O)NCc2ccc(C(=O)N3CCCCC3)cc2)C1.